The second-order valence-corrected chi connectivity index (χ2v) is 10.6. The van der Waals surface area contributed by atoms with Crippen LogP contribution in [0.2, 0.25) is 0 Å². The van der Waals surface area contributed by atoms with Crippen molar-refractivity contribution >= 4 is 18.0 Å². The number of nitrogens with zero attached hydrogens (tertiary/aromatic N) is 1. The van der Waals surface area contributed by atoms with Gasteiger partial charge < -0.3 is 20.1 Å². The number of benzene rings is 2. The van der Waals surface area contributed by atoms with E-state index in [-0.39, 0.29) is 31.5 Å². The summed E-state index contributed by atoms with van der Waals surface area (Å²) in [5, 5.41) is 12.2. The second-order valence-electron chi connectivity index (χ2n) is 10.6. The van der Waals surface area contributed by atoms with Gasteiger partial charge in [0.1, 0.15) is 6.61 Å². The van der Waals surface area contributed by atoms with Crippen LogP contribution in [0.1, 0.15) is 44.7 Å². The van der Waals surface area contributed by atoms with Gasteiger partial charge in [0.05, 0.1) is 11.3 Å². The maximum absolute atomic E-state index is 13.1. The molecule has 2 aliphatic rings. The molecule has 7 heteroatoms. The molecule has 2 aromatic carbocycles. The van der Waals surface area contributed by atoms with Crippen LogP contribution >= 0.6 is 0 Å². The third kappa shape index (κ3) is 4.39. The Hall–Kier alpha value is -3.35. The Kier molecular flexibility index (Phi) is 6.14. The summed E-state index contributed by atoms with van der Waals surface area (Å²) < 4.78 is 5.57. The first-order chi connectivity index (χ1) is 16.0. The number of carboxylic acids is 1. The zero-order valence-electron chi connectivity index (χ0n) is 20.1. The van der Waals surface area contributed by atoms with E-state index in [9.17, 15) is 19.5 Å². The van der Waals surface area contributed by atoms with Gasteiger partial charge in [-0.05, 0) is 41.5 Å². The molecular weight excluding hydrogens is 432 g/mol. The summed E-state index contributed by atoms with van der Waals surface area (Å²) in [5.74, 6) is -1.71. The number of likely N-dealkylation sites (tertiary alicyclic amines) is 1. The van der Waals surface area contributed by atoms with Crippen molar-refractivity contribution < 1.29 is 24.2 Å². The van der Waals surface area contributed by atoms with Crippen molar-refractivity contribution in [3.63, 3.8) is 0 Å². The molecule has 7 nitrogen and oxygen atoms in total. The number of ether oxygens (including phenoxy) is 1. The van der Waals surface area contributed by atoms with Crippen LogP contribution in [-0.4, -0.2) is 54.2 Å². The summed E-state index contributed by atoms with van der Waals surface area (Å²) in [6.45, 7) is 8.07. The van der Waals surface area contributed by atoms with Crippen molar-refractivity contribution in [3.8, 4) is 11.1 Å². The Morgan fingerprint density at radius 3 is 2.15 bits per heavy atom. The predicted molar refractivity (Wildman–Crippen MR) is 128 cm³/mol. The van der Waals surface area contributed by atoms with Crippen molar-refractivity contribution in [2.45, 2.75) is 33.6 Å². The van der Waals surface area contributed by atoms with Crippen LogP contribution < -0.4 is 5.32 Å². The van der Waals surface area contributed by atoms with Gasteiger partial charge in [0.2, 0.25) is 5.91 Å². The van der Waals surface area contributed by atoms with Gasteiger partial charge in [-0.15, -0.1) is 0 Å². The molecule has 4 rings (SSSR count). The molecule has 2 N–H and O–H groups in total. The fourth-order valence-corrected chi connectivity index (χ4v) is 5.15. The normalized spacial score (nSPS) is 18.8. The van der Waals surface area contributed by atoms with E-state index in [1.54, 1.807) is 18.7 Å². The largest absolute Gasteiger partial charge is 0.481 e. The molecule has 34 heavy (non-hydrogen) atoms. The quantitative estimate of drug-likeness (QED) is 0.670. The minimum Gasteiger partial charge on any atom is -0.481 e. The molecule has 0 radical (unpaired) electrons. The van der Waals surface area contributed by atoms with Crippen LogP contribution in [0.25, 0.3) is 11.1 Å². The summed E-state index contributed by atoms with van der Waals surface area (Å²) in [4.78, 5) is 38.8. The van der Waals surface area contributed by atoms with Crippen molar-refractivity contribution in [1.82, 2.24) is 10.2 Å². The van der Waals surface area contributed by atoms with Crippen molar-refractivity contribution in [3.05, 3.63) is 59.7 Å². The number of carboxylic acid groups (broad SMARTS) is 1. The first-order valence-electron chi connectivity index (χ1n) is 11.6. The smallest absolute Gasteiger partial charge is 0.407 e. The molecule has 2 amide bonds. The number of amides is 2. The number of aliphatic carboxylic acids is 1. The van der Waals surface area contributed by atoms with Gasteiger partial charge in [0.15, 0.2) is 0 Å². The Bertz CT molecular complexity index is 1080. The lowest BCUT2D eigenvalue weighted by atomic mass is 9.82. The van der Waals surface area contributed by atoms with Gasteiger partial charge in [-0.2, -0.15) is 0 Å². The predicted octanol–water partition coefficient (Wildman–Crippen LogP) is 4.12. The fraction of sp³-hybridized carbons (Fsp3) is 0.444. The van der Waals surface area contributed by atoms with Crippen LogP contribution in [0.5, 0.6) is 0 Å². The summed E-state index contributed by atoms with van der Waals surface area (Å²) in [6, 6.07) is 16.3. The number of rotatable bonds is 6. The SMILES string of the molecule is CC(C)(CNC(=O)OCC1c2ccccc2-c2ccccc21)C(=O)N1CC(C(=O)O)C(C)(C)C1. The Morgan fingerprint density at radius 1 is 1.06 bits per heavy atom. The molecule has 1 saturated heterocycles. The maximum Gasteiger partial charge on any atom is 0.407 e. The number of hydrogen-bond acceptors (Lipinski definition) is 4. The molecule has 1 aliphatic carbocycles. The van der Waals surface area contributed by atoms with E-state index in [2.05, 4.69) is 29.6 Å². The van der Waals surface area contributed by atoms with Gasteiger partial charge in [0.25, 0.3) is 0 Å². The third-order valence-corrected chi connectivity index (χ3v) is 7.13. The van der Waals surface area contributed by atoms with Crippen LogP contribution in [0.4, 0.5) is 4.79 Å². The van der Waals surface area contributed by atoms with Crippen LogP contribution in [0.3, 0.4) is 0 Å². The van der Waals surface area contributed by atoms with E-state index in [0.29, 0.717) is 6.54 Å². The van der Waals surface area contributed by atoms with E-state index in [1.807, 2.05) is 38.1 Å². The summed E-state index contributed by atoms with van der Waals surface area (Å²) in [7, 11) is 0. The lowest BCUT2D eigenvalue weighted by molar-refractivity contribution is -0.144. The van der Waals surface area contributed by atoms with Crippen molar-refractivity contribution in [2.24, 2.45) is 16.7 Å². The van der Waals surface area contributed by atoms with Gasteiger partial charge >= 0.3 is 12.1 Å². The minimum atomic E-state index is -0.894. The Labute approximate surface area is 200 Å². The molecule has 0 bridgehead atoms. The number of carbonyl (C=O) groups excluding carboxylic acids is 2. The van der Waals surface area contributed by atoms with Crippen LogP contribution in [0.15, 0.2) is 48.5 Å². The van der Waals surface area contributed by atoms with E-state index in [0.717, 1.165) is 22.3 Å². The molecule has 180 valence electrons. The minimum absolute atomic E-state index is 0.0347. The number of fused-ring (bicyclic) bond motifs is 3. The van der Waals surface area contributed by atoms with Gasteiger partial charge in [0, 0.05) is 25.6 Å². The van der Waals surface area contributed by atoms with E-state index < -0.39 is 28.8 Å². The number of nitrogens with one attached hydrogen (secondary N) is 1. The number of carbonyl (C=O) groups is 3. The molecule has 1 fully saturated rings. The first kappa shape index (κ1) is 23.8. The number of alkyl carbamates (subject to hydrolysis) is 1. The van der Waals surface area contributed by atoms with Crippen LogP contribution in [0, 0.1) is 16.7 Å². The summed E-state index contributed by atoms with van der Waals surface area (Å²) >= 11 is 0. The van der Waals surface area contributed by atoms with Crippen LogP contribution in [-0.2, 0) is 14.3 Å². The zero-order chi connectivity index (χ0) is 24.7. The van der Waals surface area contributed by atoms with E-state index in [1.165, 1.54) is 0 Å². The van der Waals surface area contributed by atoms with Gasteiger partial charge in [-0.3, -0.25) is 9.59 Å². The molecule has 1 unspecified atom stereocenters. The third-order valence-electron chi connectivity index (χ3n) is 7.13. The topological polar surface area (TPSA) is 95.9 Å². The second kappa shape index (κ2) is 8.78. The number of hydrogen-bond donors (Lipinski definition) is 2. The van der Waals surface area contributed by atoms with E-state index in [4.69, 9.17) is 4.74 Å². The zero-order valence-corrected chi connectivity index (χ0v) is 20.1. The molecule has 1 atom stereocenters. The molecule has 1 aliphatic heterocycles. The average molecular weight is 465 g/mol. The average Bonchev–Trinajstić information content (AvgIpc) is 3.30. The van der Waals surface area contributed by atoms with E-state index >= 15 is 0 Å². The highest BCUT2D eigenvalue weighted by atomic mass is 16.5. The van der Waals surface area contributed by atoms with Gasteiger partial charge in [-0.1, -0.05) is 62.4 Å². The highest BCUT2D eigenvalue weighted by Gasteiger charge is 2.47. The molecule has 0 spiro atoms. The Balaban J connectivity index is 1.34. The molecule has 2 aromatic rings. The Morgan fingerprint density at radius 2 is 1.62 bits per heavy atom. The summed E-state index contributed by atoms with van der Waals surface area (Å²) in [6.07, 6.45) is -0.576. The first-order valence-corrected chi connectivity index (χ1v) is 11.6. The van der Waals surface area contributed by atoms with Crippen molar-refractivity contribution in [2.75, 3.05) is 26.2 Å². The maximum atomic E-state index is 13.1. The van der Waals surface area contributed by atoms with Crippen molar-refractivity contribution in [1.29, 1.82) is 0 Å². The lowest BCUT2D eigenvalue weighted by Gasteiger charge is -2.30. The fourth-order valence-electron chi connectivity index (χ4n) is 5.15. The van der Waals surface area contributed by atoms with Gasteiger partial charge in [-0.25, -0.2) is 4.79 Å². The lowest BCUT2D eigenvalue weighted by Crippen LogP contribution is -2.46. The highest BCUT2D eigenvalue weighted by Crippen LogP contribution is 2.44. The summed E-state index contributed by atoms with van der Waals surface area (Å²) in [5.41, 5.74) is 3.19. The monoisotopic (exact) mass is 464 g/mol. The molecule has 1 heterocycles. The molecule has 0 aromatic heterocycles. The molecular formula is C27H32N2O5. The standard InChI is InChI=1S/C27H32N2O5/c1-26(2,24(32)29-13-22(23(30)31)27(3,4)16-29)15-28-25(33)34-14-21-19-11-7-5-9-17(19)18-10-6-8-12-20(18)21/h5-12,21-22H,13-16H2,1-4H3,(H,28,33)(H,30,31). The molecule has 0 saturated carbocycles. The highest BCUT2D eigenvalue weighted by molar-refractivity contribution is 5.84.